The van der Waals surface area contributed by atoms with Crippen molar-refractivity contribution in [2.45, 2.75) is 6.92 Å². The first-order valence-corrected chi connectivity index (χ1v) is 5.61. The number of aromatic nitrogens is 1. The molecule has 4 nitrogen and oxygen atoms in total. The standard InChI is InChI=1S/C14H12N2O2/c1-9-6-11(14(15)17)8-16(9)12-3-2-10-4-5-18-13(10)7-12/h2-8H,1H3,(H2,15,17). The summed E-state index contributed by atoms with van der Waals surface area (Å²) in [6.45, 7) is 1.93. The van der Waals surface area contributed by atoms with Gasteiger partial charge in [-0.3, -0.25) is 4.79 Å². The number of carbonyl (C=O) groups excluding carboxylic acids is 1. The number of hydrogen-bond acceptors (Lipinski definition) is 2. The van der Waals surface area contributed by atoms with Gasteiger partial charge < -0.3 is 14.7 Å². The van der Waals surface area contributed by atoms with Crippen LogP contribution in [0.15, 0.2) is 47.2 Å². The topological polar surface area (TPSA) is 61.2 Å². The Kier molecular flexibility index (Phi) is 2.23. The van der Waals surface area contributed by atoms with Crippen LogP contribution in [0.4, 0.5) is 0 Å². The van der Waals surface area contributed by atoms with Gasteiger partial charge in [0, 0.05) is 29.0 Å². The average Bonchev–Trinajstić information content (AvgIpc) is 2.93. The van der Waals surface area contributed by atoms with Crippen molar-refractivity contribution in [1.82, 2.24) is 4.57 Å². The maximum Gasteiger partial charge on any atom is 0.250 e. The molecule has 0 fully saturated rings. The van der Waals surface area contributed by atoms with E-state index in [2.05, 4.69) is 0 Å². The largest absolute Gasteiger partial charge is 0.464 e. The lowest BCUT2D eigenvalue weighted by Crippen LogP contribution is -2.09. The van der Waals surface area contributed by atoms with Gasteiger partial charge in [0.05, 0.1) is 11.8 Å². The van der Waals surface area contributed by atoms with Gasteiger partial charge in [-0.15, -0.1) is 0 Å². The summed E-state index contributed by atoms with van der Waals surface area (Å²) < 4.78 is 7.29. The zero-order chi connectivity index (χ0) is 12.7. The second-order valence-electron chi connectivity index (χ2n) is 4.25. The Balaban J connectivity index is 2.15. The highest BCUT2D eigenvalue weighted by atomic mass is 16.3. The molecule has 3 rings (SSSR count). The summed E-state index contributed by atoms with van der Waals surface area (Å²) in [6, 6.07) is 9.59. The Labute approximate surface area is 104 Å². The Hall–Kier alpha value is -2.49. The number of benzene rings is 1. The Bertz CT molecular complexity index is 737. The summed E-state index contributed by atoms with van der Waals surface area (Å²) in [7, 11) is 0. The van der Waals surface area contributed by atoms with Gasteiger partial charge in [-0.25, -0.2) is 0 Å². The Morgan fingerprint density at radius 3 is 2.83 bits per heavy atom. The van der Waals surface area contributed by atoms with Crippen molar-refractivity contribution in [3.8, 4) is 5.69 Å². The zero-order valence-electron chi connectivity index (χ0n) is 9.88. The molecule has 0 spiro atoms. The number of rotatable bonds is 2. The van der Waals surface area contributed by atoms with Crippen LogP contribution < -0.4 is 5.73 Å². The van der Waals surface area contributed by atoms with Crippen LogP contribution in [0.2, 0.25) is 0 Å². The molecular formula is C14H12N2O2. The number of fused-ring (bicyclic) bond motifs is 1. The molecule has 0 aliphatic carbocycles. The highest BCUT2D eigenvalue weighted by Crippen LogP contribution is 2.21. The molecule has 3 aromatic rings. The molecule has 0 aliphatic rings. The number of hydrogen-bond donors (Lipinski definition) is 1. The van der Waals surface area contributed by atoms with Crippen molar-refractivity contribution in [3.05, 3.63) is 54.0 Å². The normalized spacial score (nSPS) is 10.9. The van der Waals surface area contributed by atoms with Crippen molar-refractivity contribution in [2.24, 2.45) is 5.73 Å². The molecule has 2 aromatic heterocycles. The summed E-state index contributed by atoms with van der Waals surface area (Å²) in [5, 5.41) is 1.05. The second-order valence-corrected chi connectivity index (χ2v) is 4.25. The lowest BCUT2D eigenvalue weighted by Gasteiger charge is -2.05. The maximum atomic E-state index is 11.2. The van der Waals surface area contributed by atoms with Crippen LogP contribution in [-0.4, -0.2) is 10.5 Å². The molecule has 2 heterocycles. The summed E-state index contributed by atoms with van der Waals surface area (Å²) in [5.74, 6) is -0.420. The van der Waals surface area contributed by atoms with Crippen molar-refractivity contribution >= 4 is 16.9 Å². The van der Waals surface area contributed by atoms with E-state index in [-0.39, 0.29) is 0 Å². The molecule has 0 radical (unpaired) electrons. The van der Waals surface area contributed by atoms with Gasteiger partial charge in [-0.1, -0.05) is 0 Å². The molecule has 0 saturated carbocycles. The predicted octanol–water partition coefficient (Wildman–Crippen LogP) is 2.63. The van der Waals surface area contributed by atoms with Gasteiger partial charge in [-0.05, 0) is 31.2 Å². The van der Waals surface area contributed by atoms with Crippen molar-refractivity contribution in [3.63, 3.8) is 0 Å². The van der Waals surface area contributed by atoms with E-state index in [0.717, 1.165) is 22.4 Å². The first kappa shape index (κ1) is 10.7. The molecule has 1 amide bonds. The van der Waals surface area contributed by atoms with Crippen LogP contribution >= 0.6 is 0 Å². The van der Waals surface area contributed by atoms with E-state index in [1.165, 1.54) is 0 Å². The van der Waals surface area contributed by atoms with Gasteiger partial charge in [0.1, 0.15) is 5.58 Å². The summed E-state index contributed by atoms with van der Waals surface area (Å²) in [5.41, 5.74) is 8.50. The molecule has 0 unspecified atom stereocenters. The van der Waals surface area contributed by atoms with Gasteiger partial charge in [0.2, 0.25) is 5.91 Å². The number of amides is 1. The molecule has 1 aromatic carbocycles. The second kappa shape index (κ2) is 3.77. The van der Waals surface area contributed by atoms with E-state index in [1.807, 2.05) is 35.8 Å². The molecule has 2 N–H and O–H groups in total. The average molecular weight is 240 g/mol. The summed E-state index contributed by atoms with van der Waals surface area (Å²) in [4.78, 5) is 11.2. The van der Waals surface area contributed by atoms with Gasteiger partial charge in [0.25, 0.3) is 0 Å². The van der Waals surface area contributed by atoms with E-state index < -0.39 is 5.91 Å². The highest BCUT2D eigenvalue weighted by Gasteiger charge is 2.09. The third-order valence-electron chi connectivity index (χ3n) is 3.02. The lowest BCUT2D eigenvalue weighted by atomic mass is 10.2. The van der Waals surface area contributed by atoms with E-state index in [1.54, 1.807) is 18.5 Å². The minimum atomic E-state index is -0.420. The van der Waals surface area contributed by atoms with Crippen molar-refractivity contribution < 1.29 is 9.21 Å². The molecule has 18 heavy (non-hydrogen) atoms. The van der Waals surface area contributed by atoms with Crippen LogP contribution in [0.1, 0.15) is 16.1 Å². The van der Waals surface area contributed by atoms with E-state index in [4.69, 9.17) is 10.2 Å². The number of nitrogens with two attached hydrogens (primary N) is 1. The fourth-order valence-corrected chi connectivity index (χ4v) is 2.08. The fourth-order valence-electron chi connectivity index (χ4n) is 2.08. The molecule has 0 aliphatic heterocycles. The Morgan fingerprint density at radius 2 is 2.11 bits per heavy atom. The summed E-state index contributed by atoms with van der Waals surface area (Å²) >= 11 is 0. The minimum absolute atomic E-state index is 0.420. The lowest BCUT2D eigenvalue weighted by molar-refractivity contribution is 0.100. The van der Waals surface area contributed by atoms with Gasteiger partial charge in [-0.2, -0.15) is 0 Å². The predicted molar refractivity (Wildman–Crippen MR) is 68.8 cm³/mol. The van der Waals surface area contributed by atoms with Crippen LogP contribution in [0.3, 0.4) is 0 Å². The third kappa shape index (κ3) is 1.59. The highest BCUT2D eigenvalue weighted by molar-refractivity contribution is 5.93. The monoisotopic (exact) mass is 240 g/mol. The van der Waals surface area contributed by atoms with E-state index in [9.17, 15) is 4.79 Å². The van der Waals surface area contributed by atoms with Crippen molar-refractivity contribution in [2.75, 3.05) is 0 Å². The van der Waals surface area contributed by atoms with Crippen LogP contribution in [0, 0.1) is 6.92 Å². The zero-order valence-corrected chi connectivity index (χ0v) is 9.88. The molecule has 90 valence electrons. The van der Waals surface area contributed by atoms with Crippen molar-refractivity contribution in [1.29, 1.82) is 0 Å². The first-order chi connectivity index (χ1) is 8.65. The Morgan fingerprint density at radius 1 is 1.28 bits per heavy atom. The third-order valence-corrected chi connectivity index (χ3v) is 3.02. The van der Waals surface area contributed by atoms with Gasteiger partial charge >= 0.3 is 0 Å². The molecule has 4 heteroatoms. The quantitative estimate of drug-likeness (QED) is 0.748. The molecular weight excluding hydrogens is 228 g/mol. The number of nitrogens with zero attached hydrogens (tertiary/aromatic N) is 1. The first-order valence-electron chi connectivity index (χ1n) is 5.61. The van der Waals surface area contributed by atoms with E-state index >= 15 is 0 Å². The molecule has 0 bridgehead atoms. The number of aryl methyl sites for hydroxylation is 1. The summed E-state index contributed by atoms with van der Waals surface area (Å²) in [6.07, 6.45) is 3.40. The number of furan rings is 1. The van der Waals surface area contributed by atoms with Gasteiger partial charge in [0.15, 0.2) is 0 Å². The van der Waals surface area contributed by atoms with Crippen LogP contribution in [0.5, 0.6) is 0 Å². The van der Waals surface area contributed by atoms with Crippen LogP contribution in [0.25, 0.3) is 16.7 Å². The number of primary amides is 1. The molecule has 0 atom stereocenters. The molecule has 0 saturated heterocycles. The fraction of sp³-hybridized carbons (Fsp3) is 0.0714. The smallest absolute Gasteiger partial charge is 0.250 e. The number of carbonyl (C=O) groups is 1. The van der Waals surface area contributed by atoms with Crippen LogP contribution in [-0.2, 0) is 0 Å². The SMILES string of the molecule is Cc1cc(C(N)=O)cn1-c1ccc2ccoc2c1. The van der Waals surface area contributed by atoms with E-state index in [0.29, 0.717) is 5.56 Å². The minimum Gasteiger partial charge on any atom is -0.464 e. The maximum absolute atomic E-state index is 11.2.